The number of halogens is 1. The highest BCUT2D eigenvalue weighted by atomic mass is 79.9. The first-order valence-corrected chi connectivity index (χ1v) is 13.0. The summed E-state index contributed by atoms with van der Waals surface area (Å²) in [6.07, 6.45) is 12.2. The number of allylic oxidation sites excluding steroid dienone is 1. The second-order valence-corrected chi connectivity index (χ2v) is 9.76. The zero-order chi connectivity index (χ0) is 23.2. The first-order chi connectivity index (χ1) is 16.7. The molecule has 1 nitrogen and oxygen atoms in total. The number of rotatable bonds is 4. The highest BCUT2D eigenvalue weighted by molar-refractivity contribution is 9.10. The Balaban J connectivity index is 1.74. The molecule has 5 aromatic rings. The molecule has 0 amide bonds. The highest BCUT2D eigenvalue weighted by Crippen LogP contribution is 2.37. The van der Waals surface area contributed by atoms with Crippen molar-refractivity contribution < 1.29 is 4.42 Å². The third-order valence-corrected chi connectivity index (χ3v) is 7.83. The van der Waals surface area contributed by atoms with Gasteiger partial charge in [-0.2, -0.15) is 0 Å². The third-order valence-electron chi connectivity index (χ3n) is 6.74. The Bertz CT molecular complexity index is 1770. The summed E-state index contributed by atoms with van der Waals surface area (Å²) in [6.45, 7) is 2.16. The van der Waals surface area contributed by atoms with Crippen LogP contribution in [0.2, 0.25) is 0 Å². The van der Waals surface area contributed by atoms with Crippen LogP contribution in [0.25, 0.3) is 62.1 Å². The lowest BCUT2D eigenvalue weighted by Gasteiger charge is -2.17. The smallest absolute Gasteiger partial charge is 0.136 e. The average molecular weight is 523 g/mol. The predicted molar refractivity (Wildman–Crippen MR) is 154 cm³/mol. The molecule has 1 aliphatic carbocycles. The van der Waals surface area contributed by atoms with Crippen molar-refractivity contribution in [1.82, 2.24) is 0 Å². The zero-order valence-electron chi connectivity index (χ0n) is 18.9. The summed E-state index contributed by atoms with van der Waals surface area (Å²) in [5.41, 5.74) is 6.45. The van der Waals surface area contributed by atoms with Gasteiger partial charge in [-0.25, -0.2) is 0 Å². The van der Waals surface area contributed by atoms with Gasteiger partial charge in [0.25, 0.3) is 0 Å². The second kappa shape index (κ2) is 8.65. The molecule has 0 saturated carbocycles. The number of furan rings is 1. The molecule has 0 saturated heterocycles. The van der Waals surface area contributed by atoms with Crippen molar-refractivity contribution >= 4 is 84.5 Å². The van der Waals surface area contributed by atoms with Crippen molar-refractivity contribution in [2.45, 2.75) is 26.2 Å². The van der Waals surface area contributed by atoms with Crippen LogP contribution >= 0.6 is 28.1 Å². The van der Waals surface area contributed by atoms with Crippen LogP contribution in [0, 0.1) is 0 Å². The maximum Gasteiger partial charge on any atom is 0.136 e. The molecule has 0 fully saturated rings. The van der Waals surface area contributed by atoms with Crippen molar-refractivity contribution in [3.63, 3.8) is 0 Å². The first-order valence-electron chi connectivity index (χ1n) is 11.7. The highest BCUT2D eigenvalue weighted by Gasteiger charge is 2.18. The summed E-state index contributed by atoms with van der Waals surface area (Å²) >= 11 is 9.51. The molecule has 0 bridgehead atoms. The minimum atomic E-state index is 0.909. The van der Waals surface area contributed by atoms with E-state index in [0.717, 1.165) is 51.4 Å². The summed E-state index contributed by atoms with van der Waals surface area (Å²) in [5.74, 6) is 0. The minimum absolute atomic E-state index is 0.909. The second-order valence-electron chi connectivity index (χ2n) is 8.73. The van der Waals surface area contributed by atoms with Gasteiger partial charge in [-0.15, -0.1) is 0 Å². The standard InChI is InChI=1S/C31H23BrOS/c1-2-3-9-24-26(18-34)29(22-11-6-7-12-23(22)31(24)32)20-14-15-27-25(17-20)30-21-10-5-4-8-19(21)13-16-28(30)33-27/h3-5,8-18H,2,6-7H2,1H3/b9-3-. The molecule has 0 unspecified atom stereocenters. The van der Waals surface area contributed by atoms with E-state index in [-0.39, 0.29) is 0 Å². The molecular weight excluding hydrogens is 500 g/mol. The van der Waals surface area contributed by atoms with Crippen molar-refractivity contribution in [1.29, 1.82) is 0 Å². The Labute approximate surface area is 212 Å². The molecule has 0 aliphatic heterocycles. The quantitative estimate of drug-likeness (QED) is 0.220. The summed E-state index contributed by atoms with van der Waals surface area (Å²) in [7, 11) is 0. The summed E-state index contributed by atoms with van der Waals surface area (Å²) < 4.78 is 7.38. The van der Waals surface area contributed by atoms with Crippen LogP contribution in [0.5, 0.6) is 0 Å². The Morgan fingerprint density at radius 1 is 0.912 bits per heavy atom. The molecule has 1 aliphatic rings. The van der Waals surface area contributed by atoms with Gasteiger partial charge in [0.15, 0.2) is 0 Å². The van der Waals surface area contributed by atoms with Gasteiger partial charge in [0.2, 0.25) is 0 Å². The Morgan fingerprint density at radius 3 is 2.53 bits per heavy atom. The molecule has 34 heavy (non-hydrogen) atoms. The van der Waals surface area contributed by atoms with E-state index in [2.05, 4.69) is 102 Å². The number of hydrogen-bond acceptors (Lipinski definition) is 2. The van der Waals surface area contributed by atoms with Gasteiger partial charge in [-0.3, -0.25) is 0 Å². The molecule has 6 rings (SSSR count). The lowest BCUT2D eigenvalue weighted by atomic mass is 9.89. The Hall–Kier alpha value is -3.01. The van der Waals surface area contributed by atoms with Gasteiger partial charge in [0.1, 0.15) is 11.2 Å². The predicted octanol–water partition coefficient (Wildman–Crippen LogP) is 8.29. The number of fused-ring (bicyclic) bond motifs is 6. The van der Waals surface area contributed by atoms with E-state index >= 15 is 0 Å². The molecule has 166 valence electrons. The monoisotopic (exact) mass is 522 g/mol. The fourth-order valence-corrected chi connectivity index (χ4v) is 6.16. The summed E-state index contributed by atoms with van der Waals surface area (Å²) in [6, 6.07) is 19.3. The molecular formula is C31H23BrOS. The van der Waals surface area contributed by atoms with Crippen LogP contribution < -0.4 is 10.4 Å². The van der Waals surface area contributed by atoms with Crippen LogP contribution in [0.3, 0.4) is 0 Å². The number of benzene rings is 4. The van der Waals surface area contributed by atoms with Crippen molar-refractivity contribution in [2.75, 3.05) is 0 Å². The van der Waals surface area contributed by atoms with Crippen LogP contribution in [-0.2, 0) is 0 Å². The van der Waals surface area contributed by atoms with E-state index < -0.39 is 0 Å². The van der Waals surface area contributed by atoms with Gasteiger partial charge in [0.05, 0.1) is 0 Å². The van der Waals surface area contributed by atoms with E-state index in [9.17, 15) is 0 Å². The van der Waals surface area contributed by atoms with E-state index in [1.54, 1.807) is 0 Å². The third kappa shape index (κ3) is 3.30. The molecule has 3 heteroatoms. The maximum absolute atomic E-state index is 6.26. The van der Waals surface area contributed by atoms with E-state index in [1.807, 2.05) is 5.37 Å². The van der Waals surface area contributed by atoms with E-state index in [4.69, 9.17) is 16.6 Å². The van der Waals surface area contributed by atoms with Gasteiger partial charge in [-0.05, 0) is 91.3 Å². The summed E-state index contributed by atoms with van der Waals surface area (Å²) in [4.78, 5) is 0. The van der Waals surface area contributed by atoms with Crippen LogP contribution in [-0.4, -0.2) is 5.37 Å². The Morgan fingerprint density at radius 2 is 1.71 bits per heavy atom. The van der Waals surface area contributed by atoms with Gasteiger partial charge < -0.3 is 4.42 Å². The lowest BCUT2D eigenvalue weighted by molar-refractivity contribution is 0.669. The zero-order valence-corrected chi connectivity index (χ0v) is 21.3. The van der Waals surface area contributed by atoms with Crippen molar-refractivity contribution in [3.8, 4) is 11.1 Å². The minimum Gasteiger partial charge on any atom is -0.456 e. The molecule has 4 aromatic carbocycles. The SMILES string of the molecule is CC/C=C\c1c(C=S)c(-c2ccc3oc4ccc5ccccc5c4c3c2)c2c(c1Br)=CCCC=2. The summed E-state index contributed by atoms with van der Waals surface area (Å²) in [5, 5.41) is 9.12. The molecule has 0 N–H and O–H groups in total. The van der Waals surface area contributed by atoms with Crippen LogP contribution in [0.15, 0.2) is 69.6 Å². The maximum atomic E-state index is 6.26. The molecule has 1 heterocycles. The van der Waals surface area contributed by atoms with Gasteiger partial charge in [-0.1, -0.05) is 79.8 Å². The van der Waals surface area contributed by atoms with Crippen LogP contribution in [0.1, 0.15) is 37.3 Å². The molecule has 1 aromatic heterocycles. The van der Waals surface area contributed by atoms with E-state index in [0.29, 0.717) is 0 Å². The Kier molecular flexibility index (Phi) is 5.47. The van der Waals surface area contributed by atoms with Crippen LogP contribution in [0.4, 0.5) is 0 Å². The topological polar surface area (TPSA) is 13.1 Å². The average Bonchev–Trinajstić information content (AvgIpc) is 3.26. The van der Waals surface area contributed by atoms with E-state index in [1.165, 1.54) is 37.7 Å². The number of hydrogen-bond donors (Lipinski definition) is 0. The normalized spacial score (nSPS) is 13.4. The lowest BCUT2D eigenvalue weighted by Crippen LogP contribution is -2.32. The van der Waals surface area contributed by atoms with Gasteiger partial charge in [0, 0.05) is 26.2 Å². The van der Waals surface area contributed by atoms with Crippen molar-refractivity contribution in [3.05, 3.63) is 86.7 Å². The number of thiocarbonyl (C=S) groups is 1. The van der Waals surface area contributed by atoms with Crippen molar-refractivity contribution in [2.24, 2.45) is 0 Å². The van der Waals surface area contributed by atoms with Gasteiger partial charge >= 0.3 is 0 Å². The fraction of sp³-hybridized carbons (Fsp3) is 0.129. The fourth-order valence-electron chi connectivity index (χ4n) is 5.20. The molecule has 0 spiro atoms. The molecule has 0 atom stereocenters. The molecule has 0 radical (unpaired) electrons. The largest absolute Gasteiger partial charge is 0.456 e. The first kappa shape index (κ1) is 21.5.